The average molecular weight is 421 g/mol. The fourth-order valence-electron chi connectivity index (χ4n) is 4.26. The van der Waals surface area contributed by atoms with Crippen molar-refractivity contribution in [1.82, 2.24) is 5.32 Å². The number of aliphatic carboxylic acids is 1. The molecule has 9 heteroatoms. The third kappa shape index (κ3) is 4.29. The van der Waals surface area contributed by atoms with Gasteiger partial charge in [0.2, 0.25) is 5.60 Å². The van der Waals surface area contributed by atoms with E-state index < -0.39 is 17.7 Å². The van der Waals surface area contributed by atoms with Crippen LogP contribution in [-0.4, -0.2) is 53.9 Å². The average Bonchev–Trinajstić information content (AvgIpc) is 2.78. The molecule has 7 N–H and O–H groups in total. The molecule has 0 saturated heterocycles. The normalized spacial score (nSPS) is 28.0. The Kier molecular flexibility index (Phi) is 6.66. The van der Waals surface area contributed by atoms with Crippen molar-refractivity contribution in [3.63, 3.8) is 0 Å². The smallest absolute Gasteiger partial charge is 0.341 e. The van der Waals surface area contributed by atoms with Gasteiger partial charge in [0, 0.05) is 25.3 Å². The molecule has 30 heavy (non-hydrogen) atoms. The van der Waals surface area contributed by atoms with Gasteiger partial charge in [0.15, 0.2) is 0 Å². The maximum atomic E-state index is 11.5. The molecule has 0 amide bonds. The van der Waals surface area contributed by atoms with Crippen LogP contribution >= 0.6 is 0 Å². The Morgan fingerprint density at radius 2 is 2.10 bits per heavy atom. The summed E-state index contributed by atoms with van der Waals surface area (Å²) < 4.78 is 11.5. The number of fused-ring (bicyclic) bond motifs is 1. The number of methoxy groups -OCH3 is 1. The number of benzene rings is 1. The number of hydrogen-bond donors (Lipinski definition) is 5. The molecule has 0 bridgehead atoms. The molecule has 9 nitrogen and oxygen atoms in total. The molecule has 1 aliphatic carbocycles. The van der Waals surface area contributed by atoms with E-state index in [9.17, 15) is 9.90 Å². The van der Waals surface area contributed by atoms with Crippen molar-refractivity contribution in [2.75, 3.05) is 13.7 Å². The van der Waals surface area contributed by atoms with E-state index >= 15 is 0 Å². The predicted octanol–water partition coefficient (Wildman–Crippen LogP) is 1.32. The van der Waals surface area contributed by atoms with Gasteiger partial charge in [-0.15, -0.1) is 0 Å². The molecule has 2 aliphatic rings. The Morgan fingerprint density at radius 1 is 1.40 bits per heavy atom. The highest BCUT2D eigenvalue weighted by Gasteiger charge is 2.46. The van der Waals surface area contributed by atoms with Crippen molar-refractivity contribution in [1.29, 1.82) is 5.41 Å². The van der Waals surface area contributed by atoms with Gasteiger partial charge in [-0.05, 0) is 69.2 Å². The zero-order chi connectivity index (χ0) is 21.9. The summed E-state index contributed by atoms with van der Waals surface area (Å²) in [6.45, 7) is 1.92. The standard InChI is InChI=1S/C21H32N4O5/c1-20(30-24,19(26)27)17-6-4-13-11-14(3-5-16(13)29-17)18(23)25-15-7-9-21(12-22,28-2)10-8-15/h3,5,11,15,17H,4,6-10,12,22,24H2,1-2H3,(H2,23,25)(H,26,27)/t15-,17-,20+,21+/m1/s1. The molecule has 1 aromatic rings. The lowest BCUT2D eigenvalue weighted by Crippen LogP contribution is -2.54. The zero-order valence-corrected chi connectivity index (χ0v) is 17.6. The van der Waals surface area contributed by atoms with Gasteiger partial charge >= 0.3 is 5.97 Å². The lowest BCUT2D eigenvalue weighted by molar-refractivity contribution is -0.179. The van der Waals surface area contributed by atoms with E-state index in [0.717, 1.165) is 36.8 Å². The van der Waals surface area contributed by atoms with Crippen LogP contribution in [0.3, 0.4) is 0 Å². The molecule has 1 fully saturated rings. The topological polar surface area (TPSA) is 153 Å². The predicted molar refractivity (Wildman–Crippen MR) is 112 cm³/mol. The van der Waals surface area contributed by atoms with Crippen LogP contribution in [0.4, 0.5) is 0 Å². The Morgan fingerprint density at radius 3 is 2.67 bits per heavy atom. The van der Waals surface area contributed by atoms with Gasteiger partial charge in [-0.25, -0.2) is 10.7 Å². The van der Waals surface area contributed by atoms with Crippen LogP contribution in [0, 0.1) is 5.41 Å². The van der Waals surface area contributed by atoms with E-state index in [1.807, 2.05) is 6.07 Å². The highest BCUT2D eigenvalue weighted by atomic mass is 16.7. The van der Waals surface area contributed by atoms with E-state index in [2.05, 4.69) is 5.32 Å². The number of amidine groups is 1. The summed E-state index contributed by atoms with van der Waals surface area (Å²) in [6, 6.07) is 5.71. The fraction of sp³-hybridized carbons (Fsp3) is 0.619. The number of carboxylic acids is 1. The highest BCUT2D eigenvalue weighted by molar-refractivity contribution is 5.97. The summed E-state index contributed by atoms with van der Waals surface area (Å²) in [5.74, 6) is 5.03. The van der Waals surface area contributed by atoms with Gasteiger partial charge in [-0.1, -0.05) is 0 Å². The minimum Gasteiger partial charge on any atom is -0.486 e. The molecule has 1 aromatic carbocycles. The van der Waals surface area contributed by atoms with Crippen molar-refractivity contribution < 1.29 is 24.2 Å². The maximum absolute atomic E-state index is 11.5. The minimum absolute atomic E-state index is 0.210. The van der Waals surface area contributed by atoms with Crippen LogP contribution in [0.5, 0.6) is 5.75 Å². The van der Waals surface area contributed by atoms with Gasteiger partial charge in [0.25, 0.3) is 0 Å². The van der Waals surface area contributed by atoms with Crippen molar-refractivity contribution in [3.05, 3.63) is 29.3 Å². The number of nitrogens with two attached hydrogens (primary N) is 2. The summed E-state index contributed by atoms with van der Waals surface area (Å²) in [6.07, 6.45) is 3.92. The van der Waals surface area contributed by atoms with Gasteiger partial charge in [0.05, 0.1) is 5.60 Å². The number of hydrogen-bond acceptors (Lipinski definition) is 7. The number of aryl methyl sites for hydroxylation is 1. The highest BCUT2D eigenvalue weighted by Crippen LogP contribution is 2.34. The van der Waals surface area contributed by atoms with Crippen LogP contribution < -0.4 is 21.7 Å². The first-order valence-electron chi connectivity index (χ1n) is 10.3. The Hall–Kier alpha value is -2.20. The Labute approximate surface area is 176 Å². The molecule has 0 spiro atoms. The third-order valence-electron chi connectivity index (χ3n) is 6.63. The van der Waals surface area contributed by atoms with Crippen molar-refractivity contribution >= 4 is 11.8 Å². The number of rotatable bonds is 7. The van der Waals surface area contributed by atoms with E-state index in [-0.39, 0.29) is 11.6 Å². The van der Waals surface area contributed by atoms with Gasteiger partial charge < -0.3 is 25.6 Å². The lowest BCUT2D eigenvalue weighted by atomic mass is 9.82. The van der Waals surface area contributed by atoms with Crippen LogP contribution in [0.15, 0.2) is 18.2 Å². The largest absolute Gasteiger partial charge is 0.486 e. The van der Waals surface area contributed by atoms with Crippen LogP contribution in [0.25, 0.3) is 0 Å². The van der Waals surface area contributed by atoms with E-state index in [4.69, 9.17) is 31.4 Å². The minimum atomic E-state index is -1.62. The van der Waals surface area contributed by atoms with Crippen LogP contribution in [0.2, 0.25) is 0 Å². The molecule has 2 atom stereocenters. The monoisotopic (exact) mass is 420 g/mol. The summed E-state index contributed by atoms with van der Waals surface area (Å²) in [4.78, 5) is 16.3. The summed E-state index contributed by atoms with van der Waals surface area (Å²) in [5, 5.41) is 21.2. The quantitative estimate of drug-likeness (QED) is 0.251. The third-order valence-corrected chi connectivity index (χ3v) is 6.63. The maximum Gasteiger partial charge on any atom is 0.341 e. The number of carboxylic acid groups (broad SMARTS) is 1. The van der Waals surface area contributed by atoms with E-state index in [0.29, 0.717) is 31.0 Å². The second-order valence-corrected chi connectivity index (χ2v) is 8.38. The molecule has 0 aromatic heterocycles. The Balaban J connectivity index is 1.64. The molecule has 1 heterocycles. The molecular formula is C21H32N4O5. The second-order valence-electron chi connectivity index (χ2n) is 8.38. The number of carbonyl (C=O) groups is 1. The Bertz CT molecular complexity index is 788. The summed E-state index contributed by atoms with van der Waals surface area (Å²) in [7, 11) is 1.71. The molecule has 0 unspecified atom stereocenters. The van der Waals surface area contributed by atoms with Crippen molar-refractivity contribution in [3.8, 4) is 5.75 Å². The zero-order valence-electron chi connectivity index (χ0n) is 17.6. The lowest BCUT2D eigenvalue weighted by Gasteiger charge is -2.38. The molecule has 1 aliphatic heterocycles. The van der Waals surface area contributed by atoms with Gasteiger partial charge in [-0.2, -0.15) is 0 Å². The SMILES string of the molecule is CO[C@]1(CN)CC[C@H](NC(=N)c2ccc3c(c2)CC[C@H]([C@](C)(ON)C(=O)O)O3)CC1. The first kappa shape index (κ1) is 22.5. The number of nitrogens with one attached hydrogen (secondary N) is 2. The van der Waals surface area contributed by atoms with Gasteiger partial charge in [-0.3, -0.25) is 10.2 Å². The van der Waals surface area contributed by atoms with Crippen LogP contribution in [0.1, 0.15) is 50.2 Å². The van der Waals surface area contributed by atoms with Gasteiger partial charge in [0.1, 0.15) is 17.7 Å². The molecule has 0 radical (unpaired) electrons. The van der Waals surface area contributed by atoms with Crippen molar-refractivity contribution in [2.24, 2.45) is 11.6 Å². The first-order chi connectivity index (χ1) is 14.3. The summed E-state index contributed by atoms with van der Waals surface area (Å²) in [5.41, 5.74) is 5.72. The summed E-state index contributed by atoms with van der Waals surface area (Å²) >= 11 is 0. The molecule has 1 saturated carbocycles. The fourth-order valence-corrected chi connectivity index (χ4v) is 4.26. The second kappa shape index (κ2) is 8.89. The molecule has 166 valence electrons. The molecular weight excluding hydrogens is 388 g/mol. The molecule has 3 rings (SSSR count). The van der Waals surface area contributed by atoms with E-state index in [1.165, 1.54) is 6.92 Å². The van der Waals surface area contributed by atoms with E-state index in [1.54, 1.807) is 19.2 Å². The first-order valence-corrected chi connectivity index (χ1v) is 10.3. The number of ether oxygens (including phenoxy) is 2. The van der Waals surface area contributed by atoms with Crippen LogP contribution in [-0.2, 0) is 20.8 Å². The van der Waals surface area contributed by atoms with Crippen molar-refractivity contribution in [2.45, 2.75) is 68.8 Å².